The van der Waals surface area contributed by atoms with Crippen LogP contribution in [-0.2, 0) is 14.3 Å². The summed E-state index contributed by atoms with van der Waals surface area (Å²) in [5.41, 5.74) is 4.94. The molecule has 0 unspecified atom stereocenters. The number of amides is 1. The molecule has 6 N–H and O–H groups in total. The van der Waals surface area contributed by atoms with E-state index in [-0.39, 0.29) is 13.0 Å². The molecule has 0 spiro atoms. The number of carbonyl (C=O) groups excluding carboxylic acids is 1. The number of hydrogen-bond acceptors (Lipinski definition) is 7. The van der Waals surface area contributed by atoms with Gasteiger partial charge in [0.2, 0.25) is 5.91 Å². The number of aliphatic hydroxyl groups is 4. The normalized spacial score (nSPS) is 36.6. The minimum atomic E-state index is -1.46. The smallest absolute Gasteiger partial charge is 0.217 e. The molecule has 8 heteroatoms. The number of rotatable bonds is 6. The largest absolute Gasteiger partial charge is 0.394 e. The molecule has 0 saturated carbocycles. The van der Waals surface area contributed by atoms with Crippen LogP contribution in [0, 0.1) is 0 Å². The van der Waals surface area contributed by atoms with Crippen molar-refractivity contribution in [3.8, 4) is 0 Å². The van der Waals surface area contributed by atoms with Crippen LogP contribution in [0.3, 0.4) is 0 Å². The molecule has 18 heavy (non-hydrogen) atoms. The number of aliphatic hydroxyl groups excluding tert-OH is 4. The fourth-order valence-electron chi connectivity index (χ4n) is 1.65. The van der Waals surface area contributed by atoms with Gasteiger partial charge in [0.1, 0.15) is 24.4 Å². The van der Waals surface area contributed by atoms with E-state index in [1.54, 1.807) is 0 Å². The van der Waals surface area contributed by atoms with Crippen molar-refractivity contribution in [3.63, 3.8) is 0 Å². The molecule has 106 valence electrons. The molecule has 0 radical (unpaired) electrons. The molecule has 0 aromatic rings. The first kappa shape index (κ1) is 15.3. The van der Waals surface area contributed by atoms with E-state index in [2.05, 4.69) is 0 Å². The molecule has 8 nitrogen and oxygen atoms in total. The first-order chi connectivity index (χ1) is 8.47. The van der Waals surface area contributed by atoms with Crippen molar-refractivity contribution < 1.29 is 34.7 Å². The van der Waals surface area contributed by atoms with Gasteiger partial charge in [-0.3, -0.25) is 4.79 Å². The Morgan fingerprint density at radius 3 is 2.44 bits per heavy atom. The van der Waals surface area contributed by atoms with Crippen molar-refractivity contribution in [1.82, 2.24) is 0 Å². The Hall–Kier alpha value is -0.770. The van der Waals surface area contributed by atoms with E-state index in [4.69, 9.17) is 20.3 Å². The molecule has 0 aromatic carbocycles. The van der Waals surface area contributed by atoms with Gasteiger partial charge in [-0.1, -0.05) is 0 Å². The van der Waals surface area contributed by atoms with Gasteiger partial charge in [-0.25, -0.2) is 0 Å². The quantitative estimate of drug-likeness (QED) is 0.323. The predicted octanol–water partition coefficient (Wildman–Crippen LogP) is -2.93. The molecule has 5 atom stereocenters. The standard InChI is InChI=1S/C10H19NO7/c11-6(13)2-1-3-17-10-9(16)8(15)7(14)5(4-12)18-10/h5,7-10,12,14-16H,1-4H2,(H2,11,13)/t5-,7-,8+,9+,10+/m1/s1. The van der Waals surface area contributed by atoms with Gasteiger partial charge in [-0.2, -0.15) is 0 Å². The number of ether oxygens (including phenoxy) is 2. The molecule has 1 heterocycles. The second-order valence-electron chi connectivity index (χ2n) is 4.14. The van der Waals surface area contributed by atoms with Gasteiger partial charge in [0.25, 0.3) is 0 Å². The Kier molecular flexibility index (Phi) is 5.93. The number of hydrogen-bond donors (Lipinski definition) is 5. The number of carbonyl (C=O) groups is 1. The molecule has 0 aliphatic carbocycles. The lowest BCUT2D eigenvalue weighted by molar-refractivity contribution is -0.301. The van der Waals surface area contributed by atoms with Crippen LogP contribution >= 0.6 is 0 Å². The summed E-state index contributed by atoms with van der Waals surface area (Å²) in [7, 11) is 0. The van der Waals surface area contributed by atoms with Crippen LogP contribution < -0.4 is 5.73 Å². The van der Waals surface area contributed by atoms with E-state index in [0.717, 1.165) is 0 Å². The van der Waals surface area contributed by atoms with E-state index in [0.29, 0.717) is 6.42 Å². The SMILES string of the molecule is NC(=O)CCCO[C@H]1O[C@H](CO)[C@@H](O)[C@H](O)[C@@H]1O. The summed E-state index contributed by atoms with van der Waals surface area (Å²) in [6.45, 7) is -0.405. The first-order valence-electron chi connectivity index (χ1n) is 5.67. The molecule has 0 bridgehead atoms. The highest BCUT2D eigenvalue weighted by Crippen LogP contribution is 2.21. The fourth-order valence-corrected chi connectivity index (χ4v) is 1.65. The van der Waals surface area contributed by atoms with Crippen molar-refractivity contribution >= 4 is 5.91 Å². The highest BCUT2D eigenvalue weighted by molar-refractivity contribution is 5.73. The topological polar surface area (TPSA) is 142 Å². The molecule has 1 rings (SSSR count). The predicted molar refractivity (Wildman–Crippen MR) is 58.1 cm³/mol. The maximum Gasteiger partial charge on any atom is 0.217 e. The summed E-state index contributed by atoms with van der Waals surface area (Å²) in [6, 6.07) is 0. The number of primary amides is 1. The van der Waals surface area contributed by atoms with E-state index in [1.165, 1.54) is 0 Å². The summed E-state index contributed by atoms with van der Waals surface area (Å²) in [5.74, 6) is -0.465. The lowest BCUT2D eigenvalue weighted by Gasteiger charge is -2.39. The van der Waals surface area contributed by atoms with Crippen molar-refractivity contribution in [2.75, 3.05) is 13.2 Å². The highest BCUT2D eigenvalue weighted by atomic mass is 16.7. The van der Waals surface area contributed by atoms with E-state index >= 15 is 0 Å². The van der Waals surface area contributed by atoms with Gasteiger partial charge in [0, 0.05) is 6.42 Å². The fraction of sp³-hybridized carbons (Fsp3) is 0.900. The maximum absolute atomic E-state index is 10.5. The molecule has 0 aromatic heterocycles. The summed E-state index contributed by atoms with van der Waals surface area (Å²) in [6.07, 6.45) is -5.95. The monoisotopic (exact) mass is 265 g/mol. The van der Waals surface area contributed by atoms with Gasteiger partial charge in [0.15, 0.2) is 6.29 Å². The average molecular weight is 265 g/mol. The van der Waals surface area contributed by atoms with Gasteiger partial charge in [0.05, 0.1) is 13.2 Å². The maximum atomic E-state index is 10.5. The van der Waals surface area contributed by atoms with Crippen molar-refractivity contribution in [2.45, 2.75) is 43.5 Å². The first-order valence-corrected chi connectivity index (χ1v) is 5.67. The van der Waals surface area contributed by atoms with Crippen molar-refractivity contribution in [2.24, 2.45) is 5.73 Å². The summed E-state index contributed by atoms with van der Waals surface area (Å²) in [4.78, 5) is 10.5. The van der Waals surface area contributed by atoms with Gasteiger partial charge >= 0.3 is 0 Å². The zero-order valence-electron chi connectivity index (χ0n) is 9.81. The van der Waals surface area contributed by atoms with Crippen molar-refractivity contribution in [3.05, 3.63) is 0 Å². The molecule has 1 aliphatic rings. The van der Waals surface area contributed by atoms with Gasteiger partial charge in [-0.05, 0) is 6.42 Å². The molecule has 1 fully saturated rings. The van der Waals surface area contributed by atoms with Crippen molar-refractivity contribution in [1.29, 1.82) is 0 Å². The highest BCUT2D eigenvalue weighted by Gasteiger charge is 2.43. The minimum absolute atomic E-state index is 0.103. The van der Waals surface area contributed by atoms with Crippen LogP contribution in [0.4, 0.5) is 0 Å². The number of nitrogens with two attached hydrogens (primary N) is 1. The Bertz CT molecular complexity index is 273. The molecular weight excluding hydrogens is 246 g/mol. The van der Waals surface area contributed by atoms with Crippen LogP contribution in [0.1, 0.15) is 12.8 Å². The van der Waals surface area contributed by atoms with E-state index < -0.39 is 43.2 Å². The average Bonchev–Trinajstić information content (AvgIpc) is 2.34. The lowest BCUT2D eigenvalue weighted by Crippen LogP contribution is -2.59. The third kappa shape index (κ3) is 3.87. The Morgan fingerprint density at radius 2 is 1.89 bits per heavy atom. The summed E-state index contributed by atoms with van der Waals surface area (Å²) < 4.78 is 10.2. The molecule has 1 amide bonds. The Balaban J connectivity index is 2.41. The minimum Gasteiger partial charge on any atom is -0.394 e. The molecular formula is C10H19NO7. The van der Waals surface area contributed by atoms with Crippen LogP contribution in [0.15, 0.2) is 0 Å². The van der Waals surface area contributed by atoms with Crippen LogP contribution in [-0.4, -0.2) is 70.3 Å². The second-order valence-corrected chi connectivity index (χ2v) is 4.14. The van der Waals surface area contributed by atoms with Crippen LogP contribution in [0.2, 0.25) is 0 Å². The Morgan fingerprint density at radius 1 is 1.22 bits per heavy atom. The van der Waals surface area contributed by atoms with Gasteiger partial charge in [-0.15, -0.1) is 0 Å². The zero-order valence-corrected chi connectivity index (χ0v) is 9.81. The molecule has 1 saturated heterocycles. The zero-order chi connectivity index (χ0) is 13.7. The lowest BCUT2D eigenvalue weighted by atomic mass is 9.99. The second kappa shape index (κ2) is 6.98. The van der Waals surface area contributed by atoms with E-state index in [9.17, 15) is 20.1 Å². The van der Waals surface area contributed by atoms with E-state index in [1.807, 2.05) is 0 Å². The van der Waals surface area contributed by atoms with Crippen LogP contribution in [0.5, 0.6) is 0 Å². The summed E-state index contributed by atoms with van der Waals surface area (Å²) in [5, 5.41) is 37.5. The Labute approximate surface area is 104 Å². The molecule has 1 aliphatic heterocycles. The third-order valence-electron chi connectivity index (χ3n) is 2.70. The third-order valence-corrected chi connectivity index (χ3v) is 2.70. The van der Waals surface area contributed by atoms with Crippen LogP contribution in [0.25, 0.3) is 0 Å². The summed E-state index contributed by atoms with van der Waals surface area (Å²) >= 11 is 0. The van der Waals surface area contributed by atoms with Gasteiger partial charge < -0.3 is 35.6 Å².